The van der Waals surface area contributed by atoms with Crippen molar-refractivity contribution in [2.24, 2.45) is 0 Å². The van der Waals surface area contributed by atoms with Crippen molar-refractivity contribution in [1.29, 1.82) is 0 Å². The van der Waals surface area contributed by atoms with E-state index in [1.165, 1.54) is 5.69 Å². The van der Waals surface area contributed by atoms with Crippen molar-refractivity contribution < 1.29 is 9.53 Å². The smallest absolute Gasteiger partial charge is 0.410 e. The van der Waals surface area contributed by atoms with Gasteiger partial charge in [0.2, 0.25) is 0 Å². The lowest BCUT2D eigenvalue weighted by molar-refractivity contribution is 0.00566. The third-order valence-electron chi connectivity index (χ3n) is 4.08. The topological polar surface area (TPSA) is 58.8 Å². The van der Waals surface area contributed by atoms with Crippen molar-refractivity contribution in [2.45, 2.75) is 59.2 Å². The number of aryl methyl sites for hydroxylation is 1. The number of hydrogen-bond acceptors (Lipinski definition) is 4. The average Bonchev–Trinajstić information content (AvgIpc) is 2.35. The summed E-state index contributed by atoms with van der Waals surface area (Å²) < 4.78 is 5.55. The van der Waals surface area contributed by atoms with E-state index in [1.54, 1.807) is 0 Å². The summed E-state index contributed by atoms with van der Waals surface area (Å²) in [6, 6.07) is 6.16. The highest BCUT2D eigenvalue weighted by atomic mass is 16.6. The zero-order chi connectivity index (χ0) is 17.4. The molecule has 2 atom stereocenters. The van der Waals surface area contributed by atoms with Gasteiger partial charge in [0.25, 0.3) is 0 Å². The molecule has 2 unspecified atom stereocenters. The van der Waals surface area contributed by atoms with E-state index < -0.39 is 5.60 Å². The second-order valence-corrected chi connectivity index (χ2v) is 7.54. The van der Waals surface area contributed by atoms with E-state index in [9.17, 15) is 4.79 Å². The molecule has 1 heterocycles. The zero-order valence-electron chi connectivity index (χ0n) is 15.1. The van der Waals surface area contributed by atoms with Gasteiger partial charge < -0.3 is 15.4 Å². The summed E-state index contributed by atoms with van der Waals surface area (Å²) in [4.78, 5) is 16.6. The maximum atomic E-state index is 12.5. The van der Waals surface area contributed by atoms with E-state index in [4.69, 9.17) is 10.5 Å². The van der Waals surface area contributed by atoms with Crippen LogP contribution >= 0.6 is 0 Å². The number of anilines is 2. The third-order valence-corrected chi connectivity index (χ3v) is 4.08. The number of carbonyl (C=O) groups is 1. The Hall–Kier alpha value is -1.91. The van der Waals surface area contributed by atoms with Crippen LogP contribution < -0.4 is 10.6 Å². The molecule has 1 aliphatic rings. The Morgan fingerprint density at radius 1 is 1.22 bits per heavy atom. The molecule has 0 radical (unpaired) electrons. The first-order valence-corrected chi connectivity index (χ1v) is 8.21. The lowest BCUT2D eigenvalue weighted by Crippen LogP contribution is -2.59. The minimum absolute atomic E-state index is 0.0885. The molecule has 1 amide bonds. The van der Waals surface area contributed by atoms with Crippen LogP contribution in [0.2, 0.25) is 0 Å². The Kier molecular flexibility index (Phi) is 4.78. The number of piperazine rings is 1. The molecule has 0 aromatic heterocycles. The van der Waals surface area contributed by atoms with E-state index in [-0.39, 0.29) is 18.2 Å². The molecule has 0 aliphatic carbocycles. The minimum Gasteiger partial charge on any atom is -0.444 e. The number of hydrogen-bond donors (Lipinski definition) is 1. The van der Waals surface area contributed by atoms with Gasteiger partial charge in [0.05, 0.1) is 12.1 Å². The fraction of sp³-hybridized carbons (Fsp3) is 0.611. The maximum absolute atomic E-state index is 12.5. The van der Waals surface area contributed by atoms with Crippen LogP contribution in [0.25, 0.3) is 0 Å². The van der Waals surface area contributed by atoms with Crippen LogP contribution in [0.1, 0.15) is 40.2 Å². The largest absolute Gasteiger partial charge is 0.444 e. The van der Waals surface area contributed by atoms with Gasteiger partial charge in [-0.2, -0.15) is 0 Å². The Bertz CT molecular complexity index is 568. The highest BCUT2D eigenvalue weighted by Crippen LogP contribution is 2.27. The monoisotopic (exact) mass is 319 g/mol. The van der Waals surface area contributed by atoms with Crippen molar-refractivity contribution in [1.82, 2.24) is 4.90 Å². The van der Waals surface area contributed by atoms with E-state index in [2.05, 4.69) is 31.7 Å². The Labute approximate surface area is 139 Å². The first kappa shape index (κ1) is 17.4. The second kappa shape index (κ2) is 6.30. The highest BCUT2D eigenvalue weighted by Gasteiger charge is 2.35. The van der Waals surface area contributed by atoms with Crippen molar-refractivity contribution in [3.05, 3.63) is 23.8 Å². The maximum Gasteiger partial charge on any atom is 0.410 e. The summed E-state index contributed by atoms with van der Waals surface area (Å²) in [6.07, 6.45) is -0.230. The number of nitrogens with zero attached hydrogens (tertiary/aromatic N) is 2. The highest BCUT2D eigenvalue weighted by molar-refractivity contribution is 5.70. The molecular weight excluding hydrogens is 290 g/mol. The van der Waals surface area contributed by atoms with E-state index >= 15 is 0 Å². The summed E-state index contributed by atoms with van der Waals surface area (Å²) in [7, 11) is 0. The first-order chi connectivity index (χ1) is 10.6. The van der Waals surface area contributed by atoms with E-state index in [1.807, 2.05) is 37.8 Å². The number of rotatable bonds is 1. The molecule has 1 aromatic carbocycles. The lowest BCUT2D eigenvalue weighted by atomic mass is 10.1. The number of amides is 1. The number of nitrogens with two attached hydrogens (primary N) is 1. The molecule has 128 valence electrons. The van der Waals surface area contributed by atoms with Crippen LogP contribution in [0.15, 0.2) is 18.2 Å². The zero-order valence-corrected chi connectivity index (χ0v) is 15.1. The van der Waals surface area contributed by atoms with Gasteiger partial charge in [0.1, 0.15) is 5.60 Å². The summed E-state index contributed by atoms with van der Waals surface area (Å²) in [5.74, 6) is 0. The Morgan fingerprint density at radius 2 is 1.78 bits per heavy atom. The molecule has 1 aromatic rings. The molecule has 5 nitrogen and oxygen atoms in total. The summed E-state index contributed by atoms with van der Waals surface area (Å²) in [5.41, 5.74) is 8.50. The van der Waals surface area contributed by atoms with Crippen LogP contribution in [0.5, 0.6) is 0 Å². The predicted molar refractivity (Wildman–Crippen MR) is 94.8 cm³/mol. The Balaban J connectivity index is 2.14. The second-order valence-electron chi connectivity index (χ2n) is 7.54. The van der Waals surface area contributed by atoms with Crippen LogP contribution in [-0.2, 0) is 4.74 Å². The standard InChI is InChI=1S/C18H29N3O2/c1-12-9-15(19)7-8-16(12)20-10-13(2)21(14(3)11-20)17(22)23-18(4,5)6/h7-9,13-14H,10-11,19H2,1-6H3. The Morgan fingerprint density at radius 3 is 2.26 bits per heavy atom. The quantitative estimate of drug-likeness (QED) is 0.806. The normalized spacial score (nSPS) is 22.2. The van der Waals surface area contributed by atoms with Crippen LogP contribution in [0.3, 0.4) is 0 Å². The molecule has 0 bridgehead atoms. The van der Waals surface area contributed by atoms with Gasteiger partial charge in [-0.15, -0.1) is 0 Å². The van der Waals surface area contributed by atoms with Gasteiger partial charge in [-0.05, 0) is 65.3 Å². The number of carbonyl (C=O) groups excluding carboxylic acids is 1. The average molecular weight is 319 g/mol. The van der Waals surface area contributed by atoms with Crippen molar-refractivity contribution in [3.63, 3.8) is 0 Å². The fourth-order valence-electron chi connectivity index (χ4n) is 3.23. The van der Waals surface area contributed by atoms with Crippen LogP contribution in [0, 0.1) is 6.92 Å². The number of nitrogen functional groups attached to an aromatic ring is 1. The van der Waals surface area contributed by atoms with Gasteiger partial charge in [0, 0.05) is 24.5 Å². The minimum atomic E-state index is -0.471. The van der Waals surface area contributed by atoms with Crippen molar-refractivity contribution in [3.8, 4) is 0 Å². The van der Waals surface area contributed by atoms with Crippen molar-refractivity contribution >= 4 is 17.5 Å². The molecule has 5 heteroatoms. The molecular formula is C18H29N3O2. The number of ether oxygens (including phenoxy) is 1. The lowest BCUT2D eigenvalue weighted by Gasteiger charge is -2.45. The molecule has 2 N–H and O–H groups in total. The van der Waals surface area contributed by atoms with Gasteiger partial charge in [0.15, 0.2) is 0 Å². The summed E-state index contributed by atoms with van der Waals surface area (Å²) >= 11 is 0. The fourth-order valence-corrected chi connectivity index (χ4v) is 3.23. The van der Waals surface area contributed by atoms with Gasteiger partial charge in [-0.3, -0.25) is 4.90 Å². The molecule has 0 spiro atoms. The third kappa shape index (κ3) is 4.09. The first-order valence-electron chi connectivity index (χ1n) is 8.21. The summed E-state index contributed by atoms with van der Waals surface area (Å²) in [5, 5.41) is 0. The van der Waals surface area contributed by atoms with Gasteiger partial charge >= 0.3 is 6.09 Å². The molecule has 1 saturated heterocycles. The molecule has 1 aliphatic heterocycles. The van der Waals surface area contributed by atoms with Gasteiger partial charge in [-0.25, -0.2) is 4.79 Å². The SMILES string of the molecule is Cc1cc(N)ccc1N1CC(C)N(C(=O)OC(C)(C)C)C(C)C1. The molecule has 23 heavy (non-hydrogen) atoms. The summed E-state index contributed by atoms with van der Waals surface area (Å²) in [6.45, 7) is 13.5. The van der Waals surface area contributed by atoms with Crippen molar-refractivity contribution in [2.75, 3.05) is 23.7 Å². The van der Waals surface area contributed by atoms with E-state index in [0.29, 0.717) is 0 Å². The van der Waals surface area contributed by atoms with Gasteiger partial charge in [-0.1, -0.05) is 0 Å². The number of benzene rings is 1. The molecule has 2 rings (SSSR count). The molecule has 1 fully saturated rings. The van der Waals surface area contributed by atoms with Crippen LogP contribution in [0.4, 0.5) is 16.2 Å². The van der Waals surface area contributed by atoms with E-state index in [0.717, 1.165) is 24.3 Å². The predicted octanol–water partition coefficient (Wildman–Crippen LogP) is 3.41. The van der Waals surface area contributed by atoms with Crippen LogP contribution in [-0.4, -0.2) is 41.8 Å². The molecule has 0 saturated carbocycles.